The van der Waals surface area contributed by atoms with E-state index in [9.17, 15) is 8.42 Å². The predicted molar refractivity (Wildman–Crippen MR) is 70.8 cm³/mol. The minimum Gasteiger partial charge on any atom is -0.210 e. The lowest BCUT2D eigenvalue weighted by Crippen LogP contribution is -2.41. The van der Waals surface area contributed by atoms with Crippen LogP contribution in [0.4, 0.5) is 0 Å². The molecule has 1 heterocycles. The van der Waals surface area contributed by atoms with E-state index in [0.29, 0.717) is 11.4 Å². The number of rotatable bonds is 5. The number of hydrogen-bond acceptors (Lipinski definition) is 4. The second-order valence-corrected chi connectivity index (χ2v) is 7.84. The Morgan fingerprint density at radius 2 is 2.22 bits per heavy atom. The second-order valence-electron chi connectivity index (χ2n) is 4.76. The third kappa shape index (κ3) is 2.58. The molecule has 0 spiro atoms. The summed E-state index contributed by atoms with van der Waals surface area (Å²) in [5.74, 6) is 0. The lowest BCUT2D eigenvalue weighted by Gasteiger charge is -2.41. The Morgan fingerprint density at radius 1 is 1.50 bits per heavy atom. The molecule has 0 atom stereocenters. The van der Waals surface area contributed by atoms with Crippen molar-refractivity contribution in [2.24, 2.45) is 5.41 Å². The van der Waals surface area contributed by atoms with Gasteiger partial charge >= 0.3 is 0 Å². The molecule has 98 valence electrons. The molecule has 1 aromatic heterocycles. The van der Waals surface area contributed by atoms with Crippen LogP contribution in [0.2, 0.25) is 0 Å². The molecule has 0 bridgehead atoms. The number of hydrogen-bond donors (Lipinski definition) is 1. The summed E-state index contributed by atoms with van der Waals surface area (Å²) in [7, 11) is -3.45. The van der Waals surface area contributed by atoms with Crippen LogP contribution in [0.5, 0.6) is 0 Å². The molecule has 1 saturated carbocycles. The fourth-order valence-corrected chi connectivity index (χ4v) is 4.48. The average molecular weight is 284 g/mol. The molecule has 1 N–H and O–H groups in total. The molecule has 0 aromatic carbocycles. The maximum Gasteiger partial charge on any atom is 0.250 e. The van der Waals surface area contributed by atoms with Crippen molar-refractivity contribution in [2.45, 2.75) is 36.8 Å². The van der Waals surface area contributed by atoms with Gasteiger partial charge in [-0.3, -0.25) is 0 Å². The Balaban J connectivity index is 2.06. The Labute approximate surface area is 112 Å². The van der Waals surface area contributed by atoms with Crippen molar-refractivity contribution in [1.82, 2.24) is 4.72 Å². The highest BCUT2D eigenvalue weighted by molar-refractivity contribution is 7.91. The smallest absolute Gasteiger partial charge is 0.210 e. The molecule has 18 heavy (non-hydrogen) atoms. The predicted octanol–water partition coefficient (Wildman–Crippen LogP) is 2.48. The lowest BCUT2D eigenvalue weighted by molar-refractivity contribution is 0.133. The molecule has 1 aromatic rings. The summed E-state index contributed by atoms with van der Waals surface area (Å²) in [5, 5.41) is 8.71. The molecule has 1 aliphatic rings. The van der Waals surface area contributed by atoms with E-state index < -0.39 is 10.0 Å². The summed E-state index contributed by atoms with van der Waals surface area (Å²) < 4.78 is 27.0. The first-order valence-corrected chi connectivity index (χ1v) is 8.31. The van der Waals surface area contributed by atoms with E-state index >= 15 is 0 Å². The third-order valence-electron chi connectivity index (χ3n) is 3.76. The molecule has 0 unspecified atom stereocenters. The van der Waals surface area contributed by atoms with E-state index in [1.165, 1.54) is 18.6 Å². The van der Waals surface area contributed by atoms with Gasteiger partial charge in [-0.1, -0.05) is 13.3 Å². The summed E-state index contributed by atoms with van der Waals surface area (Å²) in [4.78, 5) is 0.421. The highest BCUT2D eigenvalue weighted by Crippen LogP contribution is 2.43. The van der Waals surface area contributed by atoms with Crippen LogP contribution < -0.4 is 4.72 Å². The molecular formula is C12H16N2O2S2. The Bertz CT molecular complexity index is 560. The minimum atomic E-state index is -3.45. The van der Waals surface area contributed by atoms with Gasteiger partial charge in [0.05, 0.1) is 0 Å². The van der Waals surface area contributed by atoms with E-state index in [1.807, 2.05) is 6.07 Å². The van der Waals surface area contributed by atoms with Gasteiger partial charge in [-0.05, 0) is 36.8 Å². The van der Waals surface area contributed by atoms with Gasteiger partial charge in [-0.15, -0.1) is 11.3 Å². The number of thiophene rings is 1. The van der Waals surface area contributed by atoms with Gasteiger partial charge in [0.1, 0.15) is 15.2 Å². The zero-order valence-corrected chi connectivity index (χ0v) is 11.9. The summed E-state index contributed by atoms with van der Waals surface area (Å²) >= 11 is 1.01. The van der Waals surface area contributed by atoms with E-state index in [4.69, 9.17) is 5.26 Å². The molecule has 1 fully saturated rings. The number of nitriles is 1. The van der Waals surface area contributed by atoms with Crippen LogP contribution in [0.3, 0.4) is 0 Å². The SMILES string of the molecule is CCC1(CNS(=O)(=O)c2ccc(C#N)s2)CCC1. The first-order chi connectivity index (χ1) is 8.51. The van der Waals surface area contributed by atoms with E-state index in [-0.39, 0.29) is 9.62 Å². The van der Waals surface area contributed by atoms with Crippen LogP contribution in [0, 0.1) is 16.7 Å². The van der Waals surface area contributed by atoms with Crippen LogP contribution in [0.25, 0.3) is 0 Å². The van der Waals surface area contributed by atoms with E-state index in [1.54, 1.807) is 0 Å². The highest BCUT2D eigenvalue weighted by Gasteiger charge is 2.36. The Hall–Kier alpha value is -0.900. The van der Waals surface area contributed by atoms with Gasteiger partial charge in [0.25, 0.3) is 0 Å². The van der Waals surface area contributed by atoms with Gasteiger partial charge in [0.15, 0.2) is 0 Å². The molecule has 6 heteroatoms. The number of sulfonamides is 1. The second kappa shape index (κ2) is 5.00. The third-order valence-corrected chi connectivity index (χ3v) is 6.64. The standard InChI is InChI=1S/C12H16N2O2S2/c1-2-12(6-3-7-12)9-14-18(15,16)11-5-4-10(8-13)17-11/h4-5,14H,2-3,6-7,9H2,1H3. The van der Waals surface area contributed by atoms with Crippen LogP contribution >= 0.6 is 11.3 Å². The van der Waals surface area contributed by atoms with Gasteiger partial charge in [-0.2, -0.15) is 5.26 Å². The number of nitrogens with zero attached hydrogens (tertiary/aromatic N) is 1. The van der Waals surface area contributed by atoms with Gasteiger partial charge < -0.3 is 0 Å². The summed E-state index contributed by atoms with van der Waals surface area (Å²) in [6, 6.07) is 4.98. The summed E-state index contributed by atoms with van der Waals surface area (Å²) in [6.45, 7) is 2.61. The Morgan fingerprint density at radius 3 is 2.67 bits per heavy atom. The van der Waals surface area contributed by atoms with Gasteiger partial charge in [0.2, 0.25) is 10.0 Å². The molecule has 0 saturated heterocycles. The zero-order chi connectivity index (χ0) is 13.2. The molecule has 0 radical (unpaired) electrons. The molecule has 4 nitrogen and oxygen atoms in total. The summed E-state index contributed by atoms with van der Waals surface area (Å²) in [6.07, 6.45) is 4.39. The highest BCUT2D eigenvalue weighted by atomic mass is 32.2. The largest absolute Gasteiger partial charge is 0.250 e. The van der Waals surface area contributed by atoms with E-state index in [2.05, 4.69) is 11.6 Å². The van der Waals surface area contributed by atoms with Gasteiger partial charge in [-0.25, -0.2) is 13.1 Å². The van der Waals surface area contributed by atoms with Gasteiger partial charge in [0, 0.05) is 6.54 Å². The minimum absolute atomic E-state index is 0.155. The maximum absolute atomic E-state index is 12.1. The quantitative estimate of drug-likeness (QED) is 0.903. The van der Waals surface area contributed by atoms with Crippen molar-refractivity contribution in [2.75, 3.05) is 6.54 Å². The molecule has 2 rings (SSSR count). The fourth-order valence-electron chi connectivity index (χ4n) is 2.18. The first kappa shape index (κ1) is 13.5. The van der Waals surface area contributed by atoms with E-state index in [0.717, 1.165) is 30.6 Å². The maximum atomic E-state index is 12.1. The fraction of sp³-hybridized carbons (Fsp3) is 0.583. The van der Waals surface area contributed by atoms with Crippen LogP contribution in [0.1, 0.15) is 37.5 Å². The zero-order valence-electron chi connectivity index (χ0n) is 10.3. The lowest BCUT2D eigenvalue weighted by atomic mass is 9.67. The molecule has 0 amide bonds. The van der Waals surface area contributed by atoms with Crippen LogP contribution in [0.15, 0.2) is 16.3 Å². The van der Waals surface area contributed by atoms with Crippen LogP contribution in [-0.2, 0) is 10.0 Å². The first-order valence-electron chi connectivity index (χ1n) is 6.01. The van der Waals surface area contributed by atoms with Crippen molar-refractivity contribution in [3.05, 3.63) is 17.0 Å². The van der Waals surface area contributed by atoms with Crippen molar-refractivity contribution >= 4 is 21.4 Å². The Kier molecular flexibility index (Phi) is 3.76. The number of nitrogens with one attached hydrogen (secondary N) is 1. The molecular weight excluding hydrogens is 268 g/mol. The topological polar surface area (TPSA) is 70.0 Å². The normalized spacial score (nSPS) is 18.0. The van der Waals surface area contributed by atoms with Crippen molar-refractivity contribution in [3.8, 4) is 6.07 Å². The monoisotopic (exact) mass is 284 g/mol. The summed E-state index contributed by atoms with van der Waals surface area (Å²) in [5.41, 5.74) is 0.155. The van der Waals surface area contributed by atoms with Crippen molar-refractivity contribution in [1.29, 1.82) is 5.26 Å². The molecule has 0 aliphatic heterocycles. The average Bonchev–Trinajstić information content (AvgIpc) is 2.77. The van der Waals surface area contributed by atoms with Crippen LogP contribution in [-0.4, -0.2) is 15.0 Å². The van der Waals surface area contributed by atoms with Crippen molar-refractivity contribution < 1.29 is 8.42 Å². The molecule has 1 aliphatic carbocycles. The van der Waals surface area contributed by atoms with Crippen molar-refractivity contribution in [3.63, 3.8) is 0 Å².